The molecule has 1 amide bonds. The first-order valence-corrected chi connectivity index (χ1v) is 11.7. The molecule has 0 bridgehead atoms. The molecule has 2 N–H and O–H groups in total. The summed E-state index contributed by atoms with van der Waals surface area (Å²) in [4.78, 5) is 33.9. The Morgan fingerprint density at radius 1 is 1.30 bits per heavy atom. The topological polar surface area (TPSA) is 137 Å². The predicted octanol–water partition coefficient (Wildman–Crippen LogP) is 3.43. The number of carbonyl (C=O) groups is 2. The van der Waals surface area contributed by atoms with Gasteiger partial charge in [-0.3, -0.25) is 9.59 Å². The lowest BCUT2D eigenvalue weighted by molar-refractivity contribution is -0.131. The lowest BCUT2D eigenvalue weighted by Gasteiger charge is -2.33. The number of phenols is 1. The molecule has 5 rings (SSSR count). The van der Waals surface area contributed by atoms with E-state index in [1.807, 2.05) is 24.3 Å². The van der Waals surface area contributed by atoms with Crippen LogP contribution in [0.1, 0.15) is 29.6 Å². The molecule has 11 heteroatoms. The first-order chi connectivity index (χ1) is 18.0. The van der Waals surface area contributed by atoms with Gasteiger partial charge in [0.25, 0.3) is 0 Å². The number of aromatic nitrogens is 4. The van der Waals surface area contributed by atoms with Gasteiger partial charge in [0.05, 0.1) is 28.9 Å². The van der Waals surface area contributed by atoms with Crippen molar-refractivity contribution in [3.8, 4) is 34.5 Å². The number of pyridine rings is 1. The van der Waals surface area contributed by atoms with E-state index in [0.29, 0.717) is 37.8 Å². The first kappa shape index (κ1) is 23.9. The molecule has 1 aromatic carbocycles. The lowest BCUT2D eigenvalue weighted by Crippen LogP contribution is -2.45. The minimum atomic E-state index is -0.737. The van der Waals surface area contributed by atoms with E-state index in [9.17, 15) is 14.7 Å². The van der Waals surface area contributed by atoms with Crippen LogP contribution < -0.4 is 5.32 Å². The van der Waals surface area contributed by atoms with Crippen LogP contribution in [0.4, 0.5) is 10.2 Å². The number of aldehydes is 1. The number of piperidine rings is 1. The summed E-state index contributed by atoms with van der Waals surface area (Å²) < 4.78 is 17.5. The summed E-state index contributed by atoms with van der Waals surface area (Å²) in [5, 5.41) is 26.5. The smallest absolute Gasteiger partial charge is 0.236 e. The molecule has 4 heterocycles. The minimum Gasteiger partial charge on any atom is -0.507 e. The van der Waals surface area contributed by atoms with Crippen molar-refractivity contribution in [1.29, 1.82) is 5.26 Å². The van der Waals surface area contributed by atoms with Gasteiger partial charge in [0.1, 0.15) is 17.9 Å². The third-order valence-corrected chi connectivity index (χ3v) is 6.29. The average molecular weight is 500 g/mol. The second-order valence-corrected chi connectivity index (χ2v) is 8.70. The van der Waals surface area contributed by atoms with E-state index in [0.717, 1.165) is 5.52 Å². The van der Waals surface area contributed by atoms with Crippen molar-refractivity contribution < 1.29 is 19.1 Å². The number of hydrogen-bond acceptors (Lipinski definition) is 8. The molecule has 0 radical (unpaired) electrons. The van der Waals surface area contributed by atoms with Crippen molar-refractivity contribution >= 4 is 23.5 Å². The van der Waals surface area contributed by atoms with Gasteiger partial charge in [-0.1, -0.05) is 12.1 Å². The van der Waals surface area contributed by atoms with Gasteiger partial charge in [-0.2, -0.15) is 10.4 Å². The Labute approximate surface area is 211 Å². The average Bonchev–Trinajstić information content (AvgIpc) is 3.34. The van der Waals surface area contributed by atoms with E-state index >= 15 is 4.39 Å². The Morgan fingerprint density at radius 3 is 2.95 bits per heavy atom. The van der Waals surface area contributed by atoms with Gasteiger partial charge in [0.2, 0.25) is 5.91 Å². The van der Waals surface area contributed by atoms with E-state index in [-0.39, 0.29) is 52.6 Å². The second kappa shape index (κ2) is 10.0. The molecule has 1 fully saturated rings. The van der Waals surface area contributed by atoms with Crippen molar-refractivity contribution in [1.82, 2.24) is 24.5 Å². The number of nitrogens with one attached hydrogen (secondary N) is 1. The molecule has 186 valence electrons. The number of carbonyl (C=O) groups excluding carboxylic acids is 2. The normalized spacial score (nSPS) is 15.4. The number of nitriles is 1. The molecule has 1 atom stereocenters. The van der Waals surface area contributed by atoms with Gasteiger partial charge in [-0.05, 0) is 37.1 Å². The predicted molar refractivity (Wildman–Crippen MR) is 132 cm³/mol. The van der Waals surface area contributed by atoms with E-state index < -0.39 is 5.82 Å². The quantitative estimate of drug-likeness (QED) is 0.385. The largest absolute Gasteiger partial charge is 0.507 e. The maximum absolute atomic E-state index is 15.9. The van der Waals surface area contributed by atoms with E-state index in [4.69, 9.17) is 5.26 Å². The number of halogens is 1. The lowest BCUT2D eigenvalue weighted by atomic mass is 10.0. The standard InChI is InChI=1S/C26H22FN7O3/c27-23-24(16-6-7-17(15-35)21(36)12-16)31-25(19-13-29-34-11-2-1-5-20(19)34)32-26(23)30-18-4-3-10-33(14-18)22(37)8-9-28/h1-2,5-7,11-13,15,18,36H,3-4,8,10,14H2,(H,30,31,32). The van der Waals surface area contributed by atoms with Crippen LogP contribution in [-0.2, 0) is 4.79 Å². The SMILES string of the molecule is N#CCC(=O)N1CCCC(Nc2nc(-c3cnn4ccccc34)nc(-c3ccc(C=O)c(O)c3)c2F)C1. The van der Waals surface area contributed by atoms with Gasteiger partial charge in [-0.25, -0.2) is 18.9 Å². The fourth-order valence-corrected chi connectivity index (χ4v) is 4.45. The maximum atomic E-state index is 15.9. The highest BCUT2D eigenvalue weighted by atomic mass is 19.1. The van der Waals surface area contributed by atoms with E-state index in [1.165, 1.54) is 18.2 Å². The van der Waals surface area contributed by atoms with E-state index in [2.05, 4.69) is 20.4 Å². The van der Waals surface area contributed by atoms with Gasteiger partial charge >= 0.3 is 0 Å². The summed E-state index contributed by atoms with van der Waals surface area (Å²) in [7, 11) is 0. The summed E-state index contributed by atoms with van der Waals surface area (Å²) in [5.74, 6) is -1.15. The van der Waals surface area contributed by atoms with Crippen LogP contribution in [0.15, 0.2) is 48.8 Å². The molecular formula is C26H22FN7O3. The highest BCUT2D eigenvalue weighted by molar-refractivity contribution is 5.82. The third-order valence-electron chi connectivity index (χ3n) is 6.29. The minimum absolute atomic E-state index is 0.0613. The molecule has 37 heavy (non-hydrogen) atoms. The van der Waals surface area contributed by atoms with Gasteiger partial charge in [0.15, 0.2) is 23.7 Å². The number of amides is 1. The highest BCUT2D eigenvalue weighted by Gasteiger charge is 2.26. The maximum Gasteiger partial charge on any atom is 0.236 e. The zero-order valence-electron chi connectivity index (χ0n) is 19.6. The second-order valence-electron chi connectivity index (χ2n) is 8.70. The summed E-state index contributed by atoms with van der Waals surface area (Å²) in [6, 6.07) is 11.3. The number of aromatic hydroxyl groups is 1. The summed E-state index contributed by atoms with van der Waals surface area (Å²) in [5.41, 5.74) is 1.56. The molecule has 0 spiro atoms. The van der Waals surface area contributed by atoms with Gasteiger partial charge < -0.3 is 15.3 Å². The molecule has 3 aromatic heterocycles. The van der Waals surface area contributed by atoms with Crippen LogP contribution in [-0.4, -0.2) is 60.9 Å². The molecule has 0 saturated carbocycles. The number of benzene rings is 1. The van der Waals surface area contributed by atoms with Crippen molar-refractivity contribution in [2.24, 2.45) is 0 Å². The number of anilines is 1. The zero-order valence-corrected chi connectivity index (χ0v) is 19.6. The molecule has 1 aliphatic rings. The Bertz CT molecular complexity index is 1550. The number of nitrogens with zero attached hydrogens (tertiary/aromatic N) is 6. The number of likely N-dealkylation sites (tertiary alicyclic amines) is 1. The van der Waals surface area contributed by atoms with Crippen molar-refractivity contribution in [2.45, 2.75) is 25.3 Å². The Hall–Kier alpha value is -4.85. The number of phenolic OH excluding ortho intramolecular Hbond substituents is 1. The molecule has 1 saturated heterocycles. The molecule has 0 aliphatic carbocycles. The fraction of sp³-hybridized carbons (Fsp3) is 0.231. The molecular weight excluding hydrogens is 477 g/mol. The first-order valence-electron chi connectivity index (χ1n) is 11.7. The van der Waals surface area contributed by atoms with Gasteiger partial charge in [-0.15, -0.1) is 0 Å². The van der Waals surface area contributed by atoms with Crippen molar-refractivity contribution in [3.63, 3.8) is 0 Å². The van der Waals surface area contributed by atoms with Gasteiger partial charge in [0, 0.05) is 30.9 Å². The van der Waals surface area contributed by atoms with Crippen LogP contribution >= 0.6 is 0 Å². The van der Waals surface area contributed by atoms with Crippen LogP contribution in [0.3, 0.4) is 0 Å². The highest BCUT2D eigenvalue weighted by Crippen LogP contribution is 2.33. The van der Waals surface area contributed by atoms with Crippen LogP contribution in [0.5, 0.6) is 5.75 Å². The summed E-state index contributed by atoms with van der Waals surface area (Å²) >= 11 is 0. The third kappa shape index (κ3) is 4.69. The van der Waals surface area contributed by atoms with Crippen LogP contribution in [0.2, 0.25) is 0 Å². The zero-order chi connectivity index (χ0) is 25.9. The molecule has 1 unspecified atom stereocenters. The summed E-state index contributed by atoms with van der Waals surface area (Å²) in [6.45, 7) is 0.840. The number of rotatable bonds is 6. The van der Waals surface area contributed by atoms with Crippen LogP contribution in [0.25, 0.3) is 28.2 Å². The van der Waals surface area contributed by atoms with Crippen molar-refractivity contribution in [2.75, 3.05) is 18.4 Å². The molecule has 10 nitrogen and oxygen atoms in total. The number of fused-ring (bicyclic) bond motifs is 1. The molecule has 4 aromatic rings. The van der Waals surface area contributed by atoms with E-state index in [1.54, 1.807) is 21.8 Å². The fourth-order valence-electron chi connectivity index (χ4n) is 4.45. The monoisotopic (exact) mass is 499 g/mol. The summed E-state index contributed by atoms with van der Waals surface area (Å²) in [6.07, 6.45) is 5.03. The number of hydrogen-bond donors (Lipinski definition) is 2. The molecule has 1 aliphatic heterocycles. The Kier molecular flexibility index (Phi) is 6.47. The van der Waals surface area contributed by atoms with Crippen LogP contribution in [0, 0.1) is 17.1 Å². The Balaban J connectivity index is 1.58. The Morgan fingerprint density at radius 2 is 2.16 bits per heavy atom. The van der Waals surface area contributed by atoms with Crippen molar-refractivity contribution in [3.05, 3.63) is 60.2 Å².